The Bertz CT molecular complexity index is 1000. The van der Waals surface area contributed by atoms with E-state index in [0.717, 1.165) is 18.4 Å². The zero-order valence-electron chi connectivity index (χ0n) is 17.1. The number of fused-ring (bicyclic) bond motifs is 1. The molecule has 30 heavy (non-hydrogen) atoms. The van der Waals surface area contributed by atoms with Crippen LogP contribution in [0.4, 0.5) is 10.2 Å². The predicted molar refractivity (Wildman–Crippen MR) is 120 cm³/mol. The second kappa shape index (κ2) is 9.87. The molecule has 1 aliphatic rings. The number of pyridine rings is 2. The summed E-state index contributed by atoms with van der Waals surface area (Å²) in [5.74, 6) is 1.48. The van der Waals surface area contributed by atoms with Crippen LogP contribution in [-0.2, 0) is 0 Å². The van der Waals surface area contributed by atoms with Crippen LogP contribution >= 0.6 is 0 Å². The van der Waals surface area contributed by atoms with Crippen molar-refractivity contribution in [3.63, 3.8) is 0 Å². The molecule has 7 nitrogen and oxygen atoms in total. The van der Waals surface area contributed by atoms with E-state index in [2.05, 4.69) is 20.6 Å². The van der Waals surface area contributed by atoms with Gasteiger partial charge in [0.1, 0.15) is 18.3 Å². The number of anilines is 1. The van der Waals surface area contributed by atoms with Crippen molar-refractivity contribution >= 4 is 28.1 Å². The van der Waals surface area contributed by atoms with E-state index in [1.165, 1.54) is 12.8 Å². The highest BCUT2D eigenvalue weighted by atomic mass is 19.1. The Hall–Kier alpha value is -3.42. The average Bonchev–Trinajstić information content (AvgIpc) is 3.29. The molecule has 0 radical (unpaired) electrons. The molecule has 1 saturated carbocycles. The number of nitrogens with one attached hydrogen (secondary N) is 3. The van der Waals surface area contributed by atoms with Gasteiger partial charge in [-0.25, -0.2) is 9.37 Å². The van der Waals surface area contributed by atoms with Gasteiger partial charge in [-0.3, -0.25) is 4.98 Å². The Morgan fingerprint density at radius 2 is 2.07 bits per heavy atom. The minimum absolute atomic E-state index is 0.125. The molecule has 2 heterocycles. The van der Waals surface area contributed by atoms with Crippen molar-refractivity contribution in [2.24, 2.45) is 17.4 Å². The SMILES string of the molecule is CN/C=C(\C(=N)CF)c1cnc2ccc(N/C(N)=C/C(=C\N)C3CCCC3)nc2c1. The number of hydrogen-bond acceptors (Lipinski definition) is 7. The zero-order valence-corrected chi connectivity index (χ0v) is 17.1. The molecule has 3 rings (SSSR count). The highest BCUT2D eigenvalue weighted by Crippen LogP contribution is 2.31. The Morgan fingerprint density at radius 3 is 2.73 bits per heavy atom. The maximum Gasteiger partial charge on any atom is 0.132 e. The fraction of sp³-hybridized carbons (Fsp3) is 0.318. The number of halogens is 1. The molecular formula is C22H28FN7. The highest BCUT2D eigenvalue weighted by molar-refractivity contribution is 6.23. The Labute approximate surface area is 175 Å². The number of alkyl halides is 1. The molecule has 1 fully saturated rings. The van der Waals surface area contributed by atoms with Crippen molar-refractivity contribution < 1.29 is 4.39 Å². The quantitative estimate of drug-likeness (QED) is 0.336. The van der Waals surface area contributed by atoms with Crippen molar-refractivity contribution in [2.45, 2.75) is 25.7 Å². The van der Waals surface area contributed by atoms with Crippen LogP contribution in [0, 0.1) is 11.3 Å². The lowest BCUT2D eigenvalue weighted by Crippen LogP contribution is -2.12. The van der Waals surface area contributed by atoms with Crippen molar-refractivity contribution in [1.29, 1.82) is 5.41 Å². The topological polar surface area (TPSA) is 126 Å². The summed E-state index contributed by atoms with van der Waals surface area (Å²) in [5, 5.41) is 13.8. The van der Waals surface area contributed by atoms with Gasteiger partial charge < -0.3 is 27.5 Å². The largest absolute Gasteiger partial charge is 0.404 e. The van der Waals surface area contributed by atoms with Crippen LogP contribution in [0.1, 0.15) is 31.2 Å². The Kier molecular flexibility index (Phi) is 7.00. The van der Waals surface area contributed by atoms with E-state index in [-0.39, 0.29) is 5.71 Å². The van der Waals surface area contributed by atoms with E-state index in [0.29, 0.717) is 39.7 Å². The molecule has 0 spiro atoms. The number of hydrogen-bond donors (Lipinski definition) is 5. The smallest absolute Gasteiger partial charge is 0.132 e. The lowest BCUT2D eigenvalue weighted by molar-refractivity contribution is 0.582. The summed E-state index contributed by atoms with van der Waals surface area (Å²) in [6.07, 6.45) is 11.4. The number of allylic oxidation sites excluding steroid dienone is 3. The molecule has 7 N–H and O–H groups in total. The number of aromatic nitrogens is 2. The van der Waals surface area contributed by atoms with Gasteiger partial charge in [-0.2, -0.15) is 0 Å². The van der Waals surface area contributed by atoms with Crippen molar-refractivity contribution in [1.82, 2.24) is 15.3 Å². The first-order valence-corrected chi connectivity index (χ1v) is 10.00. The number of nitrogens with two attached hydrogens (primary N) is 2. The van der Waals surface area contributed by atoms with Gasteiger partial charge in [-0.1, -0.05) is 12.8 Å². The van der Waals surface area contributed by atoms with Gasteiger partial charge in [-0.05, 0) is 54.8 Å². The standard InChI is InChI=1S/C22H28FN7/c1-27-13-17(18(25)10-23)16-8-20-19(28-12-16)6-7-22(29-20)30-21(26)9-15(11-24)14-4-2-3-5-14/h6-9,11-14,25,27H,2-5,10,24,26H2,1H3,(H,29,30)/b15-11+,17-13-,21-9+,25-18?. The Balaban J connectivity index is 1.86. The first-order chi connectivity index (χ1) is 14.5. The molecule has 0 aromatic carbocycles. The van der Waals surface area contributed by atoms with Crippen LogP contribution in [0.2, 0.25) is 0 Å². The summed E-state index contributed by atoms with van der Waals surface area (Å²) < 4.78 is 13.0. The third-order valence-corrected chi connectivity index (χ3v) is 5.21. The lowest BCUT2D eigenvalue weighted by atomic mass is 9.98. The molecule has 0 atom stereocenters. The number of nitrogens with zero attached hydrogens (tertiary/aromatic N) is 2. The van der Waals surface area contributed by atoms with Gasteiger partial charge in [0.2, 0.25) is 0 Å². The van der Waals surface area contributed by atoms with Gasteiger partial charge >= 0.3 is 0 Å². The van der Waals surface area contributed by atoms with E-state index < -0.39 is 6.67 Å². The molecular weight excluding hydrogens is 381 g/mol. The van der Waals surface area contributed by atoms with Crippen LogP contribution in [0.15, 0.2) is 54.3 Å². The summed E-state index contributed by atoms with van der Waals surface area (Å²) >= 11 is 0. The monoisotopic (exact) mass is 409 g/mol. The molecule has 158 valence electrons. The average molecular weight is 410 g/mol. The van der Waals surface area contributed by atoms with Gasteiger partial charge in [0.05, 0.1) is 16.7 Å². The zero-order chi connectivity index (χ0) is 21.5. The van der Waals surface area contributed by atoms with Crippen molar-refractivity contribution in [2.75, 3.05) is 19.0 Å². The van der Waals surface area contributed by atoms with E-state index in [1.807, 2.05) is 12.1 Å². The second-order valence-corrected chi connectivity index (χ2v) is 7.29. The van der Waals surface area contributed by atoms with Gasteiger partial charge in [-0.15, -0.1) is 0 Å². The molecule has 0 saturated heterocycles. The summed E-state index contributed by atoms with van der Waals surface area (Å²) in [6, 6.07) is 5.41. The first-order valence-electron chi connectivity index (χ1n) is 10.00. The molecule has 0 aliphatic heterocycles. The van der Waals surface area contributed by atoms with Crippen molar-refractivity contribution in [3.05, 3.63) is 59.8 Å². The van der Waals surface area contributed by atoms with Crippen LogP contribution in [0.3, 0.4) is 0 Å². The van der Waals surface area contributed by atoms with E-state index >= 15 is 0 Å². The summed E-state index contributed by atoms with van der Waals surface area (Å²) in [6.45, 7) is -0.861. The lowest BCUT2D eigenvalue weighted by Gasteiger charge is -2.13. The molecule has 0 unspecified atom stereocenters. The maximum absolute atomic E-state index is 13.0. The predicted octanol–water partition coefficient (Wildman–Crippen LogP) is 3.42. The number of rotatable bonds is 8. The van der Waals surface area contributed by atoms with Crippen LogP contribution in [-0.4, -0.2) is 29.4 Å². The maximum atomic E-state index is 13.0. The Morgan fingerprint density at radius 1 is 1.30 bits per heavy atom. The molecule has 1 aliphatic carbocycles. The minimum atomic E-state index is -0.861. The van der Waals surface area contributed by atoms with E-state index in [1.54, 1.807) is 37.8 Å². The first kappa shape index (κ1) is 21.3. The third kappa shape index (κ3) is 4.94. The summed E-state index contributed by atoms with van der Waals surface area (Å²) in [7, 11) is 1.70. The molecule has 0 bridgehead atoms. The van der Waals surface area contributed by atoms with Gasteiger partial charge in [0.25, 0.3) is 0 Å². The van der Waals surface area contributed by atoms with Gasteiger partial charge in [0.15, 0.2) is 0 Å². The molecule has 0 amide bonds. The van der Waals surface area contributed by atoms with Crippen LogP contribution in [0.5, 0.6) is 0 Å². The molecule has 8 heteroatoms. The normalized spacial score (nSPS) is 16.1. The fourth-order valence-corrected chi connectivity index (χ4v) is 3.71. The molecule has 2 aromatic heterocycles. The molecule has 2 aromatic rings. The van der Waals surface area contributed by atoms with Gasteiger partial charge in [0, 0.05) is 30.6 Å². The van der Waals surface area contributed by atoms with Crippen LogP contribution in [0.25, 0.3) is 16.6 Å². The second-order valence-electron chi connectivity index (χ2n) is 7.29. The van der Waals surface area contributed by atoms with E-state index in [4.69, 9.17) is 16.9 Å². The third-order valence-electron chi connectivity index (χ3n) is 5.21. The van der Waals surface area contributed by atoms with Crippen LogP contribution < -0.4 is 22.1 Å². The highest BCUT2D eigenvalue weighted by Gasteiger charge is 2.18. The minimum Gasteiger partial charge on any atom is -0.404 e. The summed E-state index contributed by atoms with van der Waals surface area (Å²) in [5.41, 5.74) is 15.2. The van der Waals surface area contributed by atoms with E-state index in [9.17, 15) is 4.39 Å². The van der Waals surface area contributed by atoms with Crippen molar-refractivity contribution in [3.8, 4) is 0 Å². The summed E-state index contributed by atoms with van der Waals surface area (Å²) in [4.78, 5) is 8.96. The fourth-order valence-electron chi connectivity index (χ4n) is 3.71.